The number of hydrogen-bond acceptors (Lipinski definition) is 4. The van der Waals surface area contributed by atoms with Crippen LogP contribution in [0.2, 0.25) is 10.0 Å². The Labute approximate surface area is 137 Å². The molecule has 0 spiro atoms. The largest absolute Gasteiger partial charge is 0.347 e. The molecule has 0 aliphatic heterocycles. The van der Waals surface area contributed by atoms with Crippen molar-refractivity contribution in [1.29, 1.82) is 5.26 Å². The molecule has 0 aliphatic carbocycles. The van der Waals surface area contributed by atoms with Crippen LogP contribution in [0.5, 0.6) is 0 Å². The lowest BCUT2D eigenvalue weighted by Crippen LogP contribution is -1.92. The maximum Gasteiger partial charge on any atom is 0.121 e. The van der Waals surface area contributed by atoms with E-state index in [-0.39, 0.29) is 0 Å². The second-order valence-electron chi connectivity index (χ2n) is 4.34. The summed E-state index contributed by atoms with van der Waals surface area (Å²) >= 11 is 17.1. The van der Waals surface area contributed by atoms with Gasteiger partial charge in [0.05, 0.1) is 10.6 Å². The zero-order chi connectivity index (χ0) is 15.6. The number of pyridine rings is 1. The third-order valence-corrected chi connectivity index (χ3v) is 3.75. The minimum atomic E-state index is 0.391. The smallest absolute Gasteiger partial charge is 0.121 e. The van der Waals surface area contributed by atoms with Crippen LogP contribution in [0, 0.1) is 29.8 Å². The van der Waals surface area contributed by atoms with E-state index in [2.05, 4.69) is 21.3 Å². The molecule has 2 rings (SSSR count). The number of aryl methyl sites for hydroxylation is 1. The van der Waals surface area contributed by atoms with E-state index in [0.717, 1.165) is 5.69 Å². The van der Waals surface area contributed by atoms with Crippen molar-refractivity contribution < 1.29 is 0 Å². The standard InChI is InChI=1S/C14H10Cl2N4S/c1-7-10(6-17)14(21)18-8(2)13(7)20-19-12-5-9(15)3-4-11(12)16/h3-5H,1-2H3,(H,18,21). The van der Waals surface area contributed by atoms with Gasteiger partial charge in [0, 0.05) is 10.7 Å². The molecule has 106 valence electrons. The number of halogens is 2. The van der Waals surface area contributed by atoms with Crippen LogP contribution in [0.15, 0.2) is 28.4 Å². The fraction of sp³-hybridized carbons (Fsp3) is 0.143. The first-order valence-electron chi connectivity index (χ1n) is 5.94. The van der Waals surface area contributed by atoms with Crippen molar-refractivity contribution in [3.8, 4) is 6.07 Å². The molecule has 0 saturated carbocycles. The SMILES string of the molecule is Cc1[nH]c(=S)c(C#N)c(C)c1N=Nc1cc(Cl)ccc1Cl. The molecular formula is C14H10Cl2N4S. The van der Waals surface area contributed by atoms with E-state index in [1.54, 1.807) is 25.1 Å². The van der Waals surface area contributed by atoms with Gasteiger partial charge in [-0.25, -0.2) is 0 Å². The van der Waals surface area contributed by atoms with Gasteiger partial charge in [0.2, 0.25) is 0 Å². The Bertz CT molecular complexity index is 834. The first-order chi connectivity index (χ1) is 9.93. The van der Waals surface area contributed by atoms with Crippen LogP contribution in [0.25, 0.3) is 0 Å². The summed E-state index contributed by atoms with van der Waals surface area (Å²) in [6.45, 7) is 3.60. The topological polar surface area (TPSA) is 64.3 Å². The monoisotopic (exact) mass is 336 g/mol. The van der Waals surface area contributed by atoms with Crippen LogP contribution >= 0.6 is 35.4 Å². The molecule has 21 heavy (non-hydrogen) atoms. The van der Waals surface area contributed by atoms with Crippen LogP contribution in [-0.2, 0) is 0 Å². The zero-order valence-electron chi connectivity index (χ0n) is 11.2. The summed E-state index contributed by atoms with van der Waals surface area (Å²) in [7, 11) is 0. The number of H-pyrrole nitrogens is 1. The highest BCUT2D eigenvalue weighted by atomic mass is 35.5. The van der Waals surface area contributed by atoms with E-state index in [1.165, 1.54) is 0 Å². The van der Waals surface area contributed by atoms with Gasteiger partial charge in [0.15, 0.2) is 0 Å². The lowest BCUT2D eigenvalue weighted by molar-refractivity contribution is 1.09. The summed E-state index contributed by atoms with van der Waals surface area (Å²) < 4.78 is 0.396. The van der Waals surface area contributed by atoms with Crippen LogP contribution in [0.3, 0.4) is 0 Å². The molecule has 0 unspecified atom stereocenters. The van der Waals surface area contributed by atoms with Crippen LogP contribution in [0.1, 0.15) is 16.8 Å². The van der Waals surface area contributed by atoms with Crippen molar-refractivity contribution >= 4 is 46.8 Å². The van der Waals surface area contributed by atoms with Gasteiger partial charge in [-0.2, -0.15) is 5.26 Å². The number of azo groups is 1. The number of nitriles is 1. The van der Waals surface area contributed by atoms with Crippen molar-refractivity contribution in [3.05, 3.63) is 49.7 Å². The van der Waals surface area contributed by atoms with Crippen molar-refractivity contribution in [2.24, 2.45) is 10.2 Å². The van der Waals surface area contributed by atoms with E-state index in [1.807, 2.05) is 6.92 Å². The number of hydrogen-bond donors (Lipinski definition) is 1. The third-order valence-electron chi connectivity index (χ3n) is 2.89. The fourth-order valence-corrected chi connectivity index (χ4v) is 2.49. The highest BCUT2D eigenvalue weighted by Crippen LogP contribution is 2.32. The molecule has 2 aromatic rings. The van der Waals surface area contributed by atoms with Gasteiger partial charge in [-0.1, -0.05) is 35.4 Å². The van der Waals surface area contributed by atoms with Crippen LogP contribution < -0.4 is 0 Å². The van der Waals surface area contributed by atoms with E-state index in [0.29, 0.717) is 37.2 Å². The number of rotatable bonds is 2. The zero-order valence-corrected chi connectivity index (χ0v) is 13.6. The maximum atomic E-state index is 9.13. The molecule has 0 bridgehead atoms. The predicted octanol–water partition coefficient (Wildman–Crippen LogP) is 5.95. The first-order valence-corrected chi connectivity index (χ1v) is 7.11. The minimum absolute atomic E-state index is 0.391. The molecule has 4 nitrogen and oxygen atoms in total. The van der Waals surface area contributed by atoms with Crippen molar-refractivity contribution in [1.82, 2.24) is 4.98 Å². The summed E-state index contributed by atoms with van der Waals surface area (Å²) in [5, 5.41) is 18.4. The van der Waals surface area contributed by atoms with Gasteiger partial charge in [0.25, 0.3) is 0 Å². The van der Waals surface area contributed by atoms with E-state index in [4.69, 9.17) is 40.7 Å². The molecule has 1 aromatic carbocycles. The molecule has 1 aromatic heterocycles. The second-order valence-corrected chi connectivity index (χ2v) is 5.59. The summed E-state index contributed by atoms with van der Waals surface area (Å²) in [4.78, 5) is 2.94. The number of aromatic nitrogens is 1. The van der Waals surface area contributed by atoms with Gasteiger partial charge in [-0.05, 0) is 37.6 Å². The Kier molecular flexibility index (Phi) is 4.73. The molecule has 0 aliphatic rings. The maximum absolute atomic E-state index is 9.13. The summed E-state index contributed by atoms with van der Waals surface area (Å²) in [5.74, 6) is 0. The van der Waals surface area contributed by atoms with Gasteiger partial charge < -0.3 is 4.98 Å². The number of nitrogens with zero attached hydrogens (tertiary/aromatic N) is 3. The summed E-state index contributed by atoms with van der Waals surface area (Å²) in [6, 6.07) is 7.01. The average molecular weight is 337 g/mol. The Morgan fingerprint density at radius 2 is 1.95 bits per heavy atom. The third kappa shape index (κ3) is 3.30. The van der Waals surface area contributed by atoms with E-state index < -0.39 is 0 Å². The molecule has 0 saturated heterocycles. The normalized spacial score (nSPS) is 10.8. The molecule has 0 amide bonds. The van der Waals surface area contributed by atoms with Gasteiger partial charge >= 0.3 is 0 Å². The van der Waals surface area contributed by atoms with Crippen molar-refractivity contribution in [2.75, 3.05) is 0 Å². The quantitative estimate of drug-likeness (QED) is 0.543. The molecule has 1 heterocycles. The molecule has 7 heteroatoms. The Hall–Kier alpha value is -1.74. The number of benzene rings is 1. The average Bonchev–Trinajstić information content (AvgIpc) is 2.42. The lowest BCUT2D eigenvalue weighted by atomic mass is 10.1. The number of nitrogens with one attached hydrogen (secondary N) is 1. The lowest BCUT2D eigenvalue weighted by Gasteiger charge is -2.06. The molecular weight excluding hydrogens is 327 g/mol. The second kappa shape index (κ2) is 6.35. The highest BCUT2D eigenvalue weighted by molar-refractivity contribution is 7.71. The first kappa shape index (κ1) is 15.6. The fourth-order valence-electron chi connectivity index (χ4n) is 1.81. The predicted molar refractivity (Wildman–Crippen MR) is 86.5 cm³/mol. The molecule has 0 fully saturated rings. The minimum Gasteiger partial charge on any atom is -0.347 e. The Morgan fingerprint density at radius 3 is 2.62 bits per heavy atom. The Morgan fingerprint density at radius 1 is 1.24 bits per heavy atom. The van der Waals surface area contributed by atoms with Gasteiger partial charge in [-0.3, -0.25) is 0 Å². The molecule has 0 radical (unpaired) electrons. The van der Waals surface area contributed by atoms with E-state index >= 15 is 0 Å². The highest BCUT2D eigenvalue weighted by Gasteiger charge is 2.10. The van der Waals surface area contributed by atoms with Crippen molar-refractivity contribution in [2.45, 2.75) is 13.8 Å². The molecule has 0 atom stereocenters. The summed E-state index contributed by atoms with van der Waals surface area (Å²) in [6.07, 6.45) is 0. The van der Waals surface area contributed by atoms with Crippen LogP contribution in [0.4, 0.5) is 11.4 Å². The van der Waals surface area contributed by atoms with Gasteiger partial charge in [0.1, 0.15) is 22.1 Å². The summed E-state index contributed by atoms with van der Waals surface area (Å²) in [5.41, 5.74) is 2.83. The van der Waals surface area contributed by atoms with Crippen LogP contribution in [-0.4, -0.2) is 4.98 Å². The Balaban J connectivity index is 2.54. The van der Waals surface area contributed by atoms with Crippen molar-refractivity contribution in [3.63, 3.8) is 0 Å². The van der Waals surface area contributed by atoms with Gasteiger partial charge in [-0.15, -0.1) is 10.2 Å². The van der Waals surface area contributed by atoms with E-state index in [9.17, 15) is 0 Å². The number of aromatic amines is 1. The molecule has 1 N–H and O–H groups in total.